The van der Waals surface area contributed by atoms with Crippen molar-refractivity contribution in [3.05, 3.63) is 88.5 Å². The summed E-state index contributed by atoms with van der Waals surface area (Å²) in [4.78, 5) is 16.9. The van der Waals surface area contributed by atoms with Crippen molar-refractivity contribution >= 4 is 10.0 Å². The van der Waals surface area contributed by atoms with Gasteiger partial charge in [-0.3, -0.25) is 9.78 Å². The molecule has 2 unspecified atom stereocenters. The van der Waals surface area contributed by atoms with E-state index in [2.05, 4.69) is 11.1 Å². The molecule has 3 heterocycles. The number of aromatic nitrogens is 2. The van der Waals surface area contributed by atoms with Crippen LogP contribution in [0.2, 0.25) is 0 Å². The van der Waals surface area contributed by atoms with Gasteiger partial charge in [-0.2, -0.15) is 9.57 Å². The molecule has 1 aliphatic heterocycles. The van der Waals surface area contributed by atoms with Gasteiger partial charge in [0.15, 0.2) is 0 Å². The molecule has 1 fully saturated rings. The van der Waals surface area contributed by atoms with Crippen LogP contribution in [0, 0.1) is 17.2 Å². The maximum absolute atomic E-state index is 12.5. The Kier molecular flexibility index (Phi) is 6.21. The molecule has 2 atom stereocenters. The molecule has 32 heavy (non-hydrogen) atoms. The van der Waals surface area contributed by atoms with Crippen LogP contribution < -0.4 is 5.56 Å². The molecule has 0 saturated carbocycles. The fourth-order valence-electron chi connectivity index (χ4n) is 4.39. The van der Waals surface area contributed by atoms with Gasteiger partial charge in [0.25, 0.3) is 5.56 Å². The summed E-state index contributed by atoms with van der Waals surface area (Å²) >= 11 is 0. The molecular weight excluding hydrogens is 424 g/mol. The van der Waals surface area contributed by atoms with Crippen molar-refractivity contribution in [2.45, 2.75) is 25.4 Å². The third kappa shape index (κ3) is 4.64. The molecule has 8 heteroatoms. The van der Waals surface area contributed by atoms with Crippen LogP contribution in [0.3, 0.4) is 0 Å². The van der Waals surface area contributed by atoms with Gasteiger partial charge in [-0.15, -0.1) is 0 Å². The van der Waals surface area contributed by atoms with Crippen LogP contribution in [0.25, 0.3) is 11.3 Å². The number of nitriles is 1. The fraction of sp³-hybridized carbons (Fsp3) is 0.292. The number of nitrogens with zero attached hydrogens (tertiary/aromatic N) is 4. The standard InChI is InChI=1S/C24H24N4O3S/c1-32(30,31)28-13-11-18(14-23(28)21-7-3-2-6-19(21)15-25)16-27-17-20(9-10-24(27)29)22-8-4-5-12-26-22/h2-10,12,17-18,23H,11,13-14,16H2,1H3. The van der Waals surface area contributed by atoms with Crippen LogP contribution in [-0.4, -0.2) is 35.1 Å². The van der Waals surface area contributed by atoms with E-state index < -0.39 is 16.1 Å². The van der Waals surface area contributed by atoms with E-state index in [4.69, 9.17) is 0 Å². The van der Waals surface area contributed by atoms with Gasteiger partial charge in [0.05, 0.1) is 29.6 Å². The van der Waals surface area contributed by atoms with Crippen molar-refractivity contribution in [3.63, 3.8) is 0 Å². The third-order valence-corrected chi connectivity index (χ3v) is 7.22. The summed E-state index contributed by atoms with van der Waals surface area (Å²) in [5.74, 6) is 0.0847. The van der Waals surface area contributed by atoms with Crippen molar-refractivity contribution in [3.8, 4) is 17.3 Å². The number of rotatable bonds is 5. The van der Waals surface area contributed by atoms with Crippen molar-refractivity contribution in [2.24, 2.45) is 5.92 Å². The number of piperidine rings is 1. The number of benzene rings is 1. The molecule has 3 aromatic rings. The fourth-order valence-corrected chi connectivity index (χ4v) is 5.49. The summed E-state index contributed by atoms with van der Waals surface area (Å²) in [5.41, 5.74) is 2.71. The summed E-state index contributed by atoms with van der Waals surface area (Å²) in [6, 6.07) is 17.8. The van der Waals surface area contributed by atoms with Crippen LogP contribution in [0.1, 0.15) is 30.0 Å². The first kappa shape index (κ1) is 21.9. The number of hydrogen-bond acceptors (Lipinski definition) is 5. The van der Waals surface area contributed by atoms with E-state index in [9.17, 15) is 18.5 Å². The van der Waals surface area contributed by atoms with Gasteiger partial charge >= 0.3 is 0 Å². The van der Waals surface area contributed by atoms with Crippen LogP contribution >= 0.6 is 0 Å². The Labute approximate surface area is 187 Å². The number of pyridine rings is 2. The predicted octanol–water partition coefficient (Wildman–Crippen LogP) is 3.19. The zero-order valence-corrected chi connectivity index (χ0v) is 18.6. The maximum atomic E-state index is 12.5. The van der Waals surface area contributed by atoms with Crippen molar-refractivity contribution in [2.75, 3.05) is 12.8 Å². The minimum absolute atomic E-state index is 0.0847. The summed E-state index contributed by atoms with van der Waals surface area (Å²) in [7, 11) is -3.45. The van der Waals surface area contributed by atoms with E-state index in [-0.39, 0.29) is 11.5 Å². The quantitative estimate of drug-likeness (QED) is 0.597. The average Bonchev–Trinajstić information content (AvgIpc) is 2.80. The van der Waals surface area contributed by atoms with E-state index in [0.717, 1.165) is 11.3 Å². The monoisotopic (exact) mass is 448 g/mol. The molecule has 0 radical (unpaired) electrons. The molecule has 7 nitrogen and oxygen atoms in total. The van der Waals surface area contributed by atoms with E-state index >= 15 is 0 Å². The normalized spacial score (nSPS) is 19.4. The van der Waals surface area contributed by atoms with Gasteiger partial charge in [-0.25, -0.2) is 8.42 Å². The second kappa shape index (κ2) is 9.07. The highest BCUT2D eigenvalue weighted by atomic mass is 32.2. The number of hydrogen-bond donors (Lipinski definition) is 0. The lowest BCUT2D eigenvalue weighted by atomic mass is 9.87. The zero-order chi connectivity index (χ0) is 22.7. The van der Waals surface area contributed by atoms with Crippen molar-refractivity contribution in [1.29, 1.82) is 5.26 Å². The lowest BCUT2D eigenvalue weighted by Gasteiger charge is -2.38. The molecule has 0 N–H and O–H groups in total. The first-order valence-corrected chi connectivity index (χ1v) is 12.3. The van der Waals surface area contributed by atoms with Gasteiger partial charge in [-0.1, -0.05) is 24.3 Å². The topological polar surface area (TPSA) is 96.1 Å². The summed E-state index contributed by atoms with van der Waals surface area (Å²) in [6.07, 6.45) is 5.90. The molecule has 2 aromatic heterocycles. The molecule has 0 bridgehead atoms. The first-order valence-electron chi connectivity index (χ1n) is 10.4. The highest BCUT2D eigenvalue weighted by molar-refractivity contribution is 7.88. The molecule has 1 aromatic carbocycles. The maximum Gasteiger partial charge on any atom is 0.250 e. The van der Waals surface area contributed by atoms with Crippen LogP contribution in [0.4, 0.5) is 0 Å². The molecular formula is C24H24N4O3S. The Balaban J connectivity index is 1.64. The molecule has 1 saturated heterocycles. The Hall–Kier alpha value is -3.28. The molecule has 0 aliphatic carbocycles. The largest absolute Gasteiger partial charge is 0.315 e. The second-order valence-corrected chi connectivity index (χ2v) is 10.0. The summed E-state index contributed by atoms with van der Waals surface area (Å²) in [5, 5.41) is 9.55. The third-order valence-electron chi connectivity index (χ3n) is 5.93. The van der Waals surface area contributed by atoms with Gasteiger partial charge in [0, 0.05) is 37.1 Å². The van der Waals surface area contributed by atoms with Gasteiger partial charge in [0.1, 0.15) is 0 Å². The Morgan fingerprint density at radius 2 is 1.91 bits per heavy atom. The Morgan fingerprint density at radius 1 is 1.12 bits per heavy atom. The Bertz CT molecular complexity index is 1310. The first-order chi connectivity index (χ1) is 15.4. The lowest BCUT2D eigenvalue weighted by molar-refractivity contribution is 0.184. The number of sulfonamides is 1. The van der Waals surface area contributed by atoms with Crippen LogP contribution in [-0.2, 0) is 16.6 Å². The van der Waals surface area contributed by atoms with E-state index in [0.29, 0.717) is 37.1 Å². The average molecular weight is 449 g/mol. The Morgan fingerprint density at radius 3 is 2.62 bits per heavy atom. The summed E-state index contributed by atoms with van der Waals surface area (Å²) in [6.45, 7) is 0.824. The lowest BCUT2D eigenvalue weighted by Crippen LogP contribution is -2.42. The van der Waals surface area contributed by atoms with Gasteiger partial charge in [-0.05, 0) is 48.6 Å². The molecule has 0 amide bonds. The zero-order valence-electron chi connectivity index (χ0n) is 17.8. The van der Waals surface area contributed by atoms with Crippen LogP contribution in [0.5, 0.6) is 0 Å². The highest BCUT2D eigenvalue weighted by Gasteiger charge is 2.36. The van der Waals surface area contributed by atoms with Crippen LogP contribution in [0.15, 0.2) is 71.8 Å². The van der Waals surface area contributed by atoms with Gasteiger partial charge in [0.2, 0.25) is 10.0 Å². The minimum Gasteiger partial charge on any atom is -0.315 e. The molecule has 164 valence electrons. The molecule has 0 spiro atoms. The van der Waals surface area contributed by atoms with E-state index in [1.807, 2.05) is 36.5 Å². The smallest absolute Gasteiger partial charge is 0.250 e. The second-order valence-electron chi connectivity index (χ2n) is 8.10. The summed E-state index contributed by atoms with van der Waals surface area (Å²) < 4.78 is 28.1. The van der Waals surface area contributed by atoms with E-state index in [1.165, 1.54) is 16.6 Å². The molecule has 4 rings (SSSR count). The molecule has 1 aliphatic rings. The van der Waals surface area contributed by atoms with Gasteiger partial charge < -0.3 is 4.57 Å². The predicted molar refractivity (Wildman–Crippen MR) is 122 cm³/mol. The van der Waals surface area contributed by atoms with Crippen molar-refractivity contribution < 1.29 is 8.42 Å². The highest BCUT2D eigenvalue weighted by Crippen LogP contribution is 2.37. The van der Waals surface area contributed by atoms with E-state index in [1.54, 1.807) is 29.0 Å². The minimum atomic E-state index is -3.45. The van der Waals surface area contributed by atoms with Crippen molar-refractivity contribution in [1.82, 2.24) is 13.9 Å². The SMILES string of the molecule is CS(=O)(=O)N1CCC(Cn2cc(-c3ccccn3)ccc2=O)CC1c1ccccc1C#N.